The molecule has 2 aliphatic rings. The quantitative estimate of drug-likeness (QED) is 0.589. The lowest BCUT2D eigenvalue weighted by Crippen LogP contribution is -2.45. The van der Waals surface area contributed by atoms with Crippen molar-refractivity contribution in [1.82, 2.24) is 20.0 Å². The number of carbonyl (C=O) groups is 3. The van der Waals surface area contributed by atoms with Crippen LogP contribution in [0.15, 0.2) is 24.3 Å². The monoisotopic (exact) mass is 494 g/mol. The third kappa shape index (κ3) is 7.70. The molecular formula is C24H32ClFN4O4. The molecule has 2 aliphatic heterocycles. The summed E-state index contributed by atoms with van der Waals surface area (Å²) >= 11 is 5.78. The van der Waals surface area contributed by atoms with E-state index in [0.29, 0.717) is 38.2 Å². The molecule has 0 spiro atoms. The number of amides is 3. The van der Waals surface area contributed by atoms with Crippen LogP contribution in [0.25, 0.3) is 6.08 Å². The Hall–Kier alpha value is -2.65. The van der Waals surface area contributed by atoms with Crippen LogP contribution in [0.3, 0.4) is 0 Å². The first-order valence-corrected chi connectivity index (χ1v) is 12.0. The average Bonchev–Trinajstić information content (AvgIpc) is 3.02. The zero-order chi connectivity index (χ0) is 24.5. The van der Waals surface area contributed by atoms with E-state index in [1.807, 2.05) is 4.90 Å². The molecule has 0 aromatic heterocycles. The molecule has 1 N–H and O–H groups in total. The number of likely N-dealkylation sites (tertiary alicyclic amines) is 1. The smallest absolute Gasteiger partial charge is 0.407 e. The first kappa shape index (κ1) is 26.0. The number of rotatable bonds is 7. The molecule has 2 saturated heterocycles. The number of methoxy groups -OCH3 is 1. The zero-order valence-electron chi connectivity index (χ0n) is 19.5. The summed E-state index contributed by atoms with van der Waals surface area (Å²) in [7, 11) is 1.37. The highest BCUT2D eigenvalue weighted by atomic mass is 35.5. The van der Waals surface area contributed by atoms with Crippen LogP contribution in [0.1, 0.15) is 31.2 Å². The van der Waals surface area contributed by atoms with Crippen LogP contribution < -0.4 is 5.32 Å². The summed E-state index contributed by atoms with van der Waals surface area (Å²) in [6.07, 6.45) is 5.57. The Balaban J connectivity index is 1.39. The summed E-state index contributed by atoms with van der Waals surface area (Å²) in [4.78, 5) is 42.3. The Morgan fingerprint density at radius 1 is 1.18 bits per heavy atom. The fourth-order valence-electron chi connectivity index (χ4n) is 4.22. The lowest BCUT2D eigenvalue weighted by atomic mass is 10.1. The Morgan fingerprint density at radius 2 is 1.94 bits per heavy atom. The third-order valence-corrected chi connectivity index (χ3v) is 6.55. The predicted molar refractivity (Wildman–Crippen MR) is 128 cm³/mol. The van der Waals surface area contributed by atoms with E-state index >= 15 is 0 Å². The topological polar surface area (TPSA) is 82.2 Å². The fourth-order valence-corrected chi connectivity index (χ4v) is 4.41. The summed E-state index contributed by atoms with van der Waals surface area (Å²) in [6, 6.07) is 4.42. The first-order chi connectivity index (χ1) is 16.4. The minimum atomic E-state index is -0.503. The number of alkyl carbamates (subject to hydrolysis) is 1. The van der Waals surface area contributed by atoms with Crippen molar-refractivity contribution in [3.8, 4) is 0 Å². The number of ether oxygens (including phenoxy) is 1. The molecule has 3 amide bonds. The SMILES string of the molecule is COC(=O)NC1CCN(CCCN2CCN(C(=O)C=Cc3ccc(F)c(Cl)c3)CCC2=O)CC1. The Labute approximate surface area is 204 Å². The van der Waals surface area contributed by atoms with Crippen molar-refractivity contribution < 1.29 is 23.5 Å². The number of hydrogen-bond acceptors (Lipinski definition) is 5. The summed E-state index contributed by atoms with van der Waals surface area (Å²) in [5, 5.41) is 2.85. The number of halogens is 2. The summed E-state index contributed by atoms with van der Waals surface area (Å²) in [5.74, 6) is -0.625. The number of nitrogens with one attached hydrogen (secondary N) is 1. The van der Waals surface area contributed by atoms with Crippen LogP contribution in [0.2, 0.25) is 5.02 Å². The van der Waals surface area contributed by atoms with E-state index in [1.165, 1.54) is 25.3 Å². The first-order valence-electron chi connectivity index (χ1n) is 11.6. The molecule has 1 aromatic carbocycles. The molecule has 0 saturated carbocycles. The van der Waals surface area contributed by atoms with Gasteiger partial charge in [0.2, 0.25) is 11.8 Å². The Bertz CT molecular complexity index is 905. The van der Waals surface area contributed by atoms with Gasteiger partial charge in [0.05, 0.1) is 12.1 Å². The average molecular weight is 495 g/mol. The van der Waals surface area contributed by atoms with Gasteiger partial charge in [-0.25, -0.2) is 9.18 Å². The number of hydrogen-bond donors (Lipinski definition) is 1. The normalized spacial score (nSPS) is 18.3. The zero-order valence-corrected chi connectivity index (χ0v) is 20.2. The highest BCUT2D eigenvalue weighted by Gasteiger charge is 2.24. The van der Waals surface area contributed by atoms with Gasteiger partial charge < -0.3 is 24.8 Å². The van der Waals surface area contributed by atoms with Gasteiger partial charge in [0.15, 0.2) is 0 Å². The molecular weight excluding hydrogens is 463 g/mol. The molecule has 1 aromatic rings. The van der Waals surface area contributed by atoms with E-state index in [-0.39, 0.29) is 29.0 Å². The Kier molecular flexibility index (Phi) is 9.71. The van der Waals surface area contributed by atoms with E-state index in [0.717, 1.165) is 38.9 Å². The van der Waals surface area contributed by atoms with Gasteiger partial charge in [-0.1, -0.05) is 17.7 Å². The van der Waals surface area contributed by atoms with E-state index in [9.17, 15) is 18.8 Å². The maximum Gasteiger partial charge on any atom is 0.407 e. The summed E-state index contributed by atoms with van der Waals surface area (Å²) in [6.45, 7) is 4.71. The molecule has 3 rings (SSSR count). The van der Waals surface area contributed by atoms with E-state index in [4.69, 9.17) is 11.6 Å². The second-order valence-corrected chi connectivity index (χ2v) is 8.98. The highest BCUT2D eigenvalue weighted by Crippen LogP contribution is 2.17. The third-order valence-electron chi connectivity index (χ3n) is 6.26. The van der Waals surface area contributed by atoms with Gasteiger partial charge in [-0.05, 0) is 49.6 Å². The summed E-state index contributed by atoms with van der Waals surface area (Å²) in [5.41, 5.74) is 0.636. The molecule has 34 heavy (non-hydrogen) atoms. The molecule has 2 fully saturated rings. The second-order valence-electron chi connectivity index (χ2n) is 8.57. The van der Waals surface area contributed by atoms with Crippen molar-refractivity contribution >= 4 is 35.6 Å². The molecule has 0 radical (unpaired) electrons. The lowest BCUT2D eigenvalue weighted by molar-refractivity contribution is -0.130. The molecule has 2 heterocycles. The van der Waals surface area contributed by atoms with Gasteiger partial charge in [0, 0.05) is 57.8 Å². The lowest BCUT2D eigenvalue weighted by Gasteiger charge is -2.32. The van der Waals surface area contributed by atoms with Gasteiger partial charge >= 0.3 is 6.09 Å². The standard InChI is InChI=1S/C24H32ClFN4O4/c1-34-24(33)27-19-7-12-28(13-8-19)10-2-11-29-15-16-30(14-9-23(29)32)22(31)6-4-18-3-5-21(26)20(25)17-18/h3-6,17,19H,2,7-16H2,1H3,(H,27,33). The van der Waals surface area contributed by atoms with Crippen LogP contribution in [0.4, 0.5) is 9.18 Å². The van der Waals surface area contributed by atoms with Crippen molar-refractivity contribution in [3.63, 3.8) is 0 Å². The molecule has 10 heteroatoms. The van der Waals surface area contributed by atoms with E-state index in [1.54, 1.807) is 17.0 Å². The fraction of sp³-hybridized carbons (Fsp3) is 0.542. The minimum Gasteiger partial charge on any atom is -0.453 e. The van der Waals surface area contributed by atoms with Crippen molar-refractivity contribution in [2.45, 2.75) is 31.7 Å². The second kappa shape index (κ2) is 12.7. The maximum absolute atomic E-state index is 13.3. The minimum absolute atomic E-state index is 0.00726. The maximum atomic E-state index is 13.3. The molecule has 0 bridgehead atoms. The van der Waals surface area contributed by atoms with Crippen molar-refractivity contribution in [1.29, 1.82) is 0 Å². The van der Waals surface area contributed by atoms with Gasteiger partial charge in [0.25, 0.3) is 0 Å². The van der Waals surface area contributed by atoms with Gasteiger partial charge in [-0.2, -0.15) is 0 Å². The molecule has 0 unspecified atom stereocenters. The van der Waals surface area contributed by atoms with E-state index < -0.39 is 5.82 Å². The molecule has 8 nitrogen and oxygen atoms in total. The molecule has 186 valence electrons. The van der Waals surface area contributed by atoms with Crippen molar-refractivity contribution in [2.24, 2.45) is 0 Å². The highest BCUT2D eigenvalue weighted by molar-refractivity contribution is 6.30. The van der Waals surface area contributed by atoms with Gasteiger partial charge in [-0.15, -0.1) is 0 Å². The largest absolute Gasteiger partial charge is 0.453 e. The number of nitrogens with zero attached hydrogens (tertiary/aromatic N) is 3. The number of carbonyl (C=O) groups excluding carboxylic acids is 3. The van der Waals surface area contributed by atoms with Crippen LogP contribution in [-0.2, 0) is 14.3 Å². The van der Waals surface area contributed by atoms with Crippen molar-refractivity contribution in [3.05, 3.63) is 40.7 Å². The van der Waals surface area contributed by atoms with Gasteiger partial charge in [0.1, 0.15) is 5.82 Å². The number of benzene rings is 1. The predicted octanol–water partition coefficient (Wildman–Crippen LogP) is 2.76. The van der Waals surface area contributed by atoms with Crippen LogP contribution in [-0.4, -0.2) is 91.6 Å². The van der Waals surface area contributed by atoms with Gasteiger partial charge in [-0.3, -0.25) is 9.59 Å². The molecule has 0 aliphatic carbocycles. The van der Waals surface area contributed by atoms with Crippen molar-refractivity contribution in [2.75, 3.05) is 52.9 Å². The van der Waals surface area contributed by atoms with Crippen LogP contribution in [0.5, 0.6) is 0 Å². The van der Waals surface area contributed by atoms with Crippen LogP contribution in [0, 0.1) is 5.82 Å². The molecule has 0 atom stereocenters. The Morgan fingerprint density at radius 3 is 2.65 bits per heavy atom. The van der Waals surface area contributed by atoms with Crippen LogP contribution >= 0.6 is 11.6 Å². The van der Waals surface area contributed by atoms with E-state index in [2.05, 4.69) is 15.0 Å². The summed E-state index contributed by atoms with van der Waals surface area (Å²) < 4.78 is 17.9. The number of piperidine rings is 1.